The van der Waals surface area contributed by atoms with Crippen molar-refractivity contribution in [2.24, 2.45) is 0 Å². The Bertz CT molecular complexity index is 366. The van der Waals surface area contributed by atoms with Crippen LogP contribution in [0.5, 0.6) is 11.5 Å². The van der Waals surface area contributed by atoms with Crippen molar-refractivity contribution < 1.29 is 14.6 Å². The second kappa shape index (κ2) is 6.61. The van der Waals surface area contributed by atoms with E-state index in [1.54, 1.807) is 7.11 Å². The maximum absolute atomic E-state index is 9.26. The number of hydrogen-bond donors (Lipinski definition) is 2. The molecular weight excluding hydrogens is 230 g/mol. The van der Waals surface area contributed by atoms with Crippen molar-refractivity contribution in [1.82, 2.24) is 5.32 Å². The van der Waals surface area contributed by atoms with Gasteiger partial charge in [0.2, 0.25) is 0 Å². The van der Waals surface area contributed by atoms with Crippen LogP contribution in [0.1, 0.15) is 19.3 Å². The van der Waals surface area contributed by atoms with Gasteiger partial charge in [-0.15, -0.1) is 0 Å². The zero-order valence-electron chi connectivity index (χ0n) is 10.8. The average Bonchev–Trinajstić information content (AvgIpc) is 3.22. The van der Waals surface area contributed by atoms with Gasteiger partial charge < -0.3 is 19.9 Å². The molecule has 0 aliphatic heterocycles. The lowest BCUT2D eigenvalue weighted by Gasteiger charge is -2.16. The first kappa shape index (κ1) is 13.2. The van der Waals surface area contributed by atoms with Gasteiger partial charge in [0, 0.05) is 12.1 Å². The standard InChI is InChI=1S/C14H21NO3/c1-17-13-4-2-3-5-14(13)18-9-8-12(10-16)15-11-6-7-11/h2-5,11-12,15-16H,6-10H2,1H3. The third-order valence-electron chi connectivity index (χ3n) is 3.06. The molecule has 0 amide bonds. The lowest BCUT2D eigenvalue weighted by Crippen LogP contribution is -2.35. The van der Waals surface area contributed by atoms with Crippen LogP contribution in [0.3, 0.4) is 0 Å². The van der Waals surface area contributed by atoms with E-state index < -0.39 is 0 Å². The SMILES string of the molecule is COc1ccccc1OCCC(CO)NC1CC1. The molecule has 100 valence electrons. The fourth-order valence-corrected chi connectivity index (χ4v) is 1.86. The van der Waals surface area contributed by atoms with Crippen LogP contribution in [0.25, 0.3) is 0 Å². The van der Waals surface area contributed by atoms with Crippen LogP contribution in [0.2, 0.25) is 0 Å². The number of aliphatic hydroxyl groups excluding tert-OH is 1. The first-order valence-electron chi connectivity index (χ1n) is 6.46. The Balaban J connectivity index is 1.75. The van der Waals surface area contributed by atoms with Crippen LogP contribution in [0.15, 0.2) is 24.3 Å². The van der Waals surface area contributed by atoms with Crippen LogP contribution in [0.4, 0.5) is 0 Å². The lowest BCUT2D eigenvalue weighted by molar-refractivity contribution is 0.205. The number of methoxy groups -OCH3 is 1. The molecule has 0 bridgehead atoms. The number of hydrogen-bond acceptors (Lipinski definition) is 4. The summed E-state index contributed by atoms with van der Waals surface area (Å²) in [5.74, 6) is 1.50. The summed E-state index contributed by atoms with van der Waals surface area (Å²) in [6.07, 6.45) is 3.25. The van der Waals surface area contributed by atoms with E-state index in [9.17, 15) is 5.11 Å². The van der Waals surface area contributed by atoms with Crippen LogP contribution in [0, 0.1) is 0 Å². The molecule has 0 saturated heterocycles. The van der Waals surface area contributed by atoms with Gasteiger partial charge in [0.15, 0.2) is 11.5 Å². The summed E-state index contributed by atoms with van der Waals surface area (Å²) in [5.41, 5.74) is 0. The molecule has 1 unspecified atom stereocenters. The van der Waals surface area contributed by atoms with E-state index in [-0.39, 0.29) is 12.6 Å². The van der Waals surface area contributed by atoms with E-state index in [0.717, 1.165) is 17.9 Å². The summed E-state index contributed by atoms with van der Waals surface area (Å²) < 4.78 is 10.9. The molecular formula is C14H21NO3. The van der Waals surface area contributed by atoms with E-state index in [1.165, 1.54) is 12.8 Å². The fraction of sp³-hybridized carbons (Fsp3) is 0.571. The minimum absolute atomic E-state index is 0.132. The number of nitrogens with one attached hydrogen (secondary N) is 1. The lowest BCUT2D eigenvalue weighted by atomic mass is 10.2. The molecule has 1 aromatic rings. The van der Waals surface area contributed by atoms with Crippen molar-refractivity contribution in [1.29, 1.82) is 0 Å². The quantitative estimate of drug-likeness (QED) is 0.736. The second-order valence-electron chi connectivity index (χ2n) is 4.61. The normalized spacial score (nSPS) is 16.3. The summed E-state index contributed by atoms with van der Waals surface area (Å²) >= 11 is 0. The smallest absolute Gasteiger partial charge is 0.161 e. The second-order valence-corrected chi connectivity index (χ2v) is 4.61. The summed E-state index contributed by atoms with van der Waals surface area (Å²) in [7, 11) is 1.63. The summed E-state index contributed by atoms with van der Waals surface area (Å²) in [6.45, 7) is 0.733. The number of para-hydroxylation sites is 2. The molecule has 1 atom stereocenters. The molecule has 1 saturated carbocycles. The topological polar surface area (TPSA) is 50.7 Å². The van der Waals surface area contributed by atoms with Gasteiger partial charge in [0.25, 0.3) is 0 Å². The summed E-state index contributed by atoms with van der Waals surface area (Å²) in [6, 6.07) is 8.34. The van der Waals surface area contributed by atoms with Gasteiger partial charge in [0.1, 0.15) is 0 Å². The van der Waals surface area contributed by atoms with Crippen molar-refractivity contribution in [3.05, 3.63) is 24.3 Å². The van der Waals surface area contributed by atoms with Gasteiger partial charge in [-0.05, 0) is 31.4 Å². The molecule has 0 radical (unpaired) electrons. The van der Waals surface area contributed by atoms with Crippen molar-refractivity contribution in [3.63, 3.8) is 0 Å². The Hall–Kier alpha value is -1.26. The molecule has 0 spiro atoms. The molecule has 0 heterocycles. The van der Waals surface area contributed by atoms with Gasteiger partial charge >= 0.3 is 0 Å². The van der Waals surface area contributed by atoms with Gasteiger partial charge in [-0.3, -0.25) is 0 Å². The van der Waals surface area contributed by atoms with Gasteiger partial charge in [-0.25, -0.2) is 0 Å². The third kappa shape index (κ3) is 3.89. The van der Waals surface area contributed by atoms with Crippen LogP contribution in [-0.2, 0) is 0 Å². The third-order valence-corrected chi connectivity index (χ3v) is 3.06. The van der Waals surface area contributed by atoms with Gasteiger partial charge in [-0.1, -0.05) is 12.1 Å². The van der Waals surface area contributed by atoms with Crippen molar-refractivity contribution >= 4 is 0 Å². The minimum Gasteiger partial charge on any atom is -0.493 e. The first-order valence-corrected chi connectivity index (χ1v) is 6.46. The monoisotopic (exact) mass is 251 g/mol. The highest BCUT2D eigenvalue weighted by atomic mass is 16.5. The van der Waals surface area contributed by atoms with Crippen molar-refractivity contribution in [2.75, 3.05) is 20.3 Å². The van der Waals surface area contributed by atoms with Crippen molar-refractivity contribution in [3.8, 4) is 11.5 Å². The Labute approximate surface area is 108 Å². The molecule has 4 nitrogen and oxygen atoms in total. The zero-order chi connectivity index (χ0) is 12.8. The molecule has 1 aliphatic carbocycles. The largest absolute Gasteiger partial charge is 0.493 e. The maximum atomic E-state index is 9.26. The highest BCUT2D eigenvalue weighted by Gasteiger charge is 2.24. The first-order chi connectivity index (χ1) is 8.83. The predicted molar refractivity (Wildman–Crippen MR) is 70.1 cm³/mol. The highest BCUT2D eigenvalue weighted by molar-refractivity contribution is 5.39. The van der Waals surface area contributed by atoms with Gasteiger partial charge in [-0.2, -0.15) is 0 Å². The maximum Gasteiger partial charge on any atom is 0.161 e. The molecule has 1 aromatic carbocycles. The number of benzene rings is 1. The Morgan fingerprint density at radius 1 is 1.33 bits per heavy atom. The van der Waals surface area contributed by atoms with Crippen LogP contribution in [-0.4, -0.2) is 37.5 Å². The Kier molecular flexibility index (Phi) is 4.84. The molecule has 4 heteroatoms. The predicted octanol–water partition coefficient (Wildman–Crippen LogP) is 1.58. The van der Waals surface area contributed by atoms with E-state index >= 15 is 0 Å². The number of rotatable bonds is 8. The van der Waals surface area contributed by atoms with E-state index in [4.69, 9.17) is 9.47 Å². The molecule has 0 aromatic heterocycles. The average molecular weight is 251 g/mol. The molecule has 1 aliphatic rings. The molecule has 1 fully saturated rings. The Morgan fingerprint density at radius 2 is 2.06 bits per heavy atom. The highest BCUT2D eigenvalue weighted by Crippen LogP contribution is 2.26. The molecule has 2 N–H and O–H groups in total. The van der Waals surface area contributed by atoms with Crippen molar-refractivity contribution in [2.45, 2.75) is 31.3 Å². The van der Waals surface area contributed by atoms with Crippen LogP contribution >= 0.6 is 0 Å². The molecule has 2 rings (SSSR count). The Morgan fingerprint density at radius 3 is 2.67 bits per heavy atom. The van der Waals surface area contributed by atoms with Crippen LogP contribution < -0.4 is 14.8 Å². The summed E-state index contributed by atoms with van der Waals surface area (Å²) in [4.78, 5) is 0. The number of aliphatic hydroxyl groups is 1. The zero-order valence-corrected chi connectivity index (χ0v) is 10.8. The minimum atomic E-state index is 0.132. The number of ether oxygens (including phenoxy) is 2. The van der Waals surface area contributed by atoms with E-state index in [0.29, 0.717) is 12.6 Å². The fourth-order valence-electron chi connectivity index (χ4n) is 1.86. The van der Waals surface area contributed by atoms with Gasteiger partial charge in [0.05, 0.1) is 20.3 Å². The van der Waals surface area contributed by atoms with E-state index in [2.05, 4.69) is 5.32 Å². The van der Waals surface area contributed by atoms with E-state index in [1.807, 2.05) is 24.3 Å². The summed E-state index contributed by atoms with van der Waals surface area (Å²) in [5, 5.41) is 12.7. The molecule has 18 heavy (non-hydrogen) atoms.